The molecule has 0 saturated carbocycles. The van der Waals surface area contributed by atoms with E-state index in [4.69, 9.17) is 15.4 Å². The first-order valence-corrected chi connectivity index (χ1v) is 6.46. The monoisotopic (exact) mass is 379 g/mol. The average Bonchev–Trinajstić information content (AvgIpc) is 2.77. The van der Waals surface area contributed by atoms with Crippen LogP contribution in [0.25, 0.3) is 10.4 Å². The van der Waals surface area contributed by atoms with E-state index in [-0.39, 0.29) is 13.0 Å². The molecule has 0 spiro atoms. The Kier molecular flexibility index (Phi) is 4.24. The summed E-state index contributed by atoms with van der Waals surface area (Å²) >= 11 is 1.80. The lowest BCUT2D eigenvalue weighted by molar-refractivity contribution is -0.0271. The van der Waals surface area contributed by atoms with Gasteiger partial charge in [-0.1, -0.05) is 5.11 Å². The molecular weight excluding hydrogens is 369 g/mol. The van der Waals surface area contributed by atoms with E-state index in [9.17, 15) is 9.59 Å². The number of nitrogens with one attached hydrogen (secondary N) is 1. The van der Waals surface area contributed by atoms with Crippen LogP contribution in [-0.2, 0) is 4.74 Å². The molecule has 2 N–H and O–H groups in total. The van der Waals surface area contributed by atoms with E-state index >= 15 is 0 Å². The highest BCUT2D eigenvalue weighted by Crippen LogP contribution is 2.29. The molecule has 1 aliphatic rings. The van der Waals surface area contributed by atoms with Gasteiger partial charge in [-0.15, -0.1) is 0 Å². The quantitative estimate of drug-likeness (QED) is 0.334. The highest BCUT2D eigenvalue weighted by Gasteiger charge is 2.35. The van der Waals surface area contributed by atoms with Gasteiger partial charge in [-0.2, -0.15) is 0 Å². The van der Waals surface area contributed by atoms with Gasteiger partial charge in [-0.05, 0) is 28.1 Å². The minimum atomic E-state index is -0.675. The number of aromatic nitrogens is 2. The Labute approximate surface area is 120 Å². The predicted octanol–water partition coefficient (Wildman–Crippen LogP) is 0.0999. The molecule has 9 nitrogen and oxygen atoms in total. The van der Waals surface area contributed by atoms with Crippen molar-refractivity contribution < 1.29 is 9.84 Å². The first kappa shape index (κ1) is 14.1. The average molecular weight is 379 g/mol. The third-order valence-electron chi connectivity index (χ3n) is 2.82. The zero-order chi connectivity index (χ0) is 14.0. The lowest BCUT2D eigenvalue weighted by Crippen LogP contribution is -2.33. The number of aromatic amines is 1. The summed E-state index contributed by atoms with van der Waals surface area (Å²) < 4.78 is 7.02. The van der Waals surface area contributed by atoms with Gasteiger partial charge in [0.15, 0.2) is 0 Å². The van der Waals surface area contributed by atoms with Crippen LogP contribution in [-0.4, -0.2) is 33.4 Å². The molecule has 102 valence electrons. The number of azide groups is 1. The molecule has 2 heterocycles. The highest BCUT2D eigenvalue weighted by molar-refractivity contribution is 14.1. The van der Waals surface area contributed by atoms with Crippen LogP contribution < -0.4 is 11.2 Å². The lowest BCUT2D eigenvalue weighted by atomic mass is 10.1. The van der Waals surface area contributed by atoms with E-state index in [1.165, 1.54) is 10.8 Å². The molecule has 0 unspecified atom stereocenters. The molecule has 1 aliphatic heterocycles. The first-order valence-electron chi connectivity index (χ1n) is 5.38. The maximum atomic E-state index is 11.7. The molecule has 0 radical (unpaired) electrons. The summed E-state index contributed by atoms with van der Waals surface area (Å²) in [6.45, 7) is -0.310. The lowest BCUT2D eigenvalue weighted by Gasteiger charge is -2.14. The number of ether oxygens (including phenoxy) is 1. The standard InChI is InChI=1S/C9H10IN5O4/c10-4-2-15(9(18)12-8(4)17)7-1-5(13-14-11)6(3-16)19-7/h2,5-7,16H,1,3H2,(H,12,17,18)/t5-,6+,7+/m0/s1. The molecule has 1 fully saturated rings. The number of rotatable bonds is 3. The topological polar surface area (TPSA) is 133 Å². The second-order valence-corrected chi connectivity index (χ2v) is 5.13. The van der Waals surface area contributed by atoms with Crippen molar-refractivity contribution in [1.82, 2.24) is 9.55 Å². The Balaban J connectivity index is 2.34. The van der Waals surface area contributed by atoms with Gasteiger partial charge in [-0.3, -0.25) is 14.3 Å². The van der Waals surface area contributed by atoms with Crippen molar-refractivity contribution >= 4 is 22.6 Å². The molecule has 3 atom stereocenters. The van der Waals surface area contributed by atoms with E-state index in [0.29, 0.717) is 3.57 Å². The molecule has 19 heavy (non-hydrogen) atoms. The first-order chi connectivity index (χ1) is 9.06. The SMILES string of the molecule is [N-]=[N+]=N[C@H]1C[C@H](n2cc(I)c(=O)[nH]c2=O)O[C@@H]1CO. The molecule has 0 bridgehead atoms. The van der Waals surface area contributed by atoms with Gasteiger partial charge >= 0.3 is 5.69 Å². The van der Waals surface area contributed by atoms with Crippen LogP contribution in [0.15, 0.2) is 20.9 Å². The van der Waals surface area contributed by atoms with Crippen LogP contribution in [0.1, 0.15) is 12.6 Å². The molecule has 0 aromatic carbocycles. The summed E-state index contributed by atoms with van der Waals surface area (Å²) in [5, 5.41) is 12.7. The second-order valence-electron chi connectivity index (χ2n) is 3.96. The molecule has 1 saturated heterocycles. The Bertz CT molecular complexity index is 634. The second kappa shape index (κ2) is 5.74. The molecule has 0 amide bonds. The zero-order valence-electron chi connectivity index (χ0n) is 9.56. The maximum absolute atomic E-state index is 11.7. The Morgan fingerprint density at radius 1 is 1.68 bits per heavy atom. The van der Waals surface area contributed by atoms with Crippen molar-refractivity contribution in [3.8, 4) is 0 Å². The third kappa shape index (κ3) is 2.81. The maximum Gasteiger partial charge on any atom is 0.330 e. The minimum Gasteiger partial charge on any atom is -0.394 e. The van der Waals surface area contributed by atoms with Crippen molar-refractivity contribution in [2.45, 2.75) is 24.8 Å². The fraction of sp³-hybridized carbons (Fsp3) is 0.556. The fourth-order valence-corrected chi connectivity index (χ4v) is 2.35. The third-order valence-corrected chi connectivity index (χ3v) is 3.59. The Morgan fingerprint density at radius 3 is 3.05 bits per heavy atom. The molecule has 2 rings (SSSR count). The molecule has 1 aromatic rings. The van der Waals surface area contributed by atoms with Gasteiger partial charge in [-0.25, -0.2) is 4.79 Å². The van der Waals surface area contributed by atoms with Crippen LogP contribution in [0.3, 0.4) is 0 Å². The van der Waals surface area contributed by atoms with Crippen LogP contribution >= 0.6 is 22.6 Å². The van der Waals surface area contributed by atoms with E-state index in [1.54, 1.807) is 22.6 Å². The summed E-state index contributed by atoms with van der Waals surface area (Å²) in [7, 11) is 0. The summed E-state index contributed by atoms with van der Waals surface area (Å²) in [5.41, 5.74) is 7.37. The van der Waals surface area contributed by atoms with Gasteiger partial charge in [0.05, 0.1) is 22.3 Å². The summed E-state index contributed by atoms with van der Waals surface area (Å²) in [6.07, 6.45) is 0.305. The molecule has 10 heteroatoms. The van der Waals surface area contributed by atoms with Crippen molar-refractivity contribution in [2.75, 3.05) is 6.61 Å². The fourth-order valence-electron chi connectivity index (χ4n) is 1.91. The highest BCUT2D eigenvalue weighted by atomic mass is 127. The van der Waals surface area contributed by atoms with E-state index < -0.39 is 29.6 Å². The van der Waals surface area contributed by atoms with Crippen molar-refractivity contribution in [3.63, 3.8) is 0 Å². The van der Waals surface area contributed by atoms with Crippen molar-refractivity contribution in [2.24, 2.45) is 5.11 Å². The van der Waals surface area contributed by atoms with Crippen LogP contribution in [0, 0.1) is 3.57 Å². The summed E-state index contributed by atoms with van der Waals surface area (Å²) in [5.74, 6) is 0. The number of nitrogens with zero attached hydrogens (tertiary/aromatic N) is 4. The molecule has 1 aromatic heterocycles. The van der Waals surface area contributed by atoms with Gasteiger partial charge in [0.2, 0.25) is 0 Å². The molecular formula is C9H10IN5O4. The van der Waals surface area contributed by atoms with Crippen LogP contribution in [0.4, 0.5) is 0 Å². The number of aliphatic hydroxyl groups excluding tert-OH is 1. The number of halogens is 1. The predicted molar refractivity (Wildman–Crippen MR) is 72.6 cm³/mol. The Morgan fingerprint density at radius 2 is 2.42 bits per heavy atom. The minimum absolute atomic E-state index is 0.261. The Hall–Kier alpha value is -1.36. The van der Waals surface area contributed by atoms with Gasteiger partial charge < -0.3 is 9.84 Å². The number of hydrogen-bond donors (Lipinski definition) is 2. The number of aliphatic hydroxyl groups is 1. The van der Waals surface area contributed by atoms with Crippen LogP contribution in [0.2, 0.25) is 0 Å². The summed E-state index contributed by atoms with van der Waals surface area (Å²) in [6, 6.07) is -0.545. The van der Waals surface area contributed by atoms with Gasteiger partial charge in [0.1, 0.15) is 6.23 Å². The van der Waals surface area contributed by atoms with Crippen molar-refractivity contribution in [1.29, 1.82) is 0 Å². The van der Waals surface area contributed by atoms with Gasteiger partial charge in [0.25, 0.3) is 5.56 Å². The largest absolute Gasteiger partial charge is 0.394 e. The summed E-state index contributed by atoms with van der Waals surface area (Å²) in [4.78, 5) is 27.8. The van der Waals surface area contributed by atoms with Gasteiger partial charge in [0, 0.05) is 17.5 Å². The van der Waals surface area contributed by atoms with E-state index in [1.807, 2.05) is 0 Å². The van der Waals surface area contributed by atoms with Crippen LogP contribution in [0.5, 0.6) is 0 Å². The number of H-pyrrole nitrogens is 1. The van der Waals surface area contributed by atoms with E-state index in [0.717, 1.165) is 0 Å². The van der Waals surface area contributed by atoms with E-state index in [2.05, 4.69) is 15.0 Å². The molecule has 0 aliphatic carbocycles. The normalized spacial score (nSPS) is 26.1. The smallest absolute Gasteiger partial charge is 0.330 e. The zero-order valence-corrected chi connectivity index (χ0v) is 11.7. The van der Waals surface area contributed by atoms with Crippen molar-refractivity contribution in [3.05, 3.63) is 41.0 Å². The number of hydrogen-bond acceptors (Lipinski definition) is 5.